The fourth-order valence-electron chi connectivity index (χ4n) is 6.87. The summed E-state index contributed by atoms with van der Waals surface area (Å²) < 4.78 is 27.7. The lowest BCUT2D eigenvalue weighted by molar-refractivity contribution is -0.130. The Kier molecular flexibility index (Phi) is 6.19. The van der Waals surface area contributed by atoms with Crippen LogP contribution < -0.4 is 0 Å². The third-order valence-electron chi connectivity index (χ3n) is 9.26. The van der Waals surface area contributed by atoms with Crippen LogP contribution in [0.5, 0.6) is 0 Å². The molecule has 2 aliphatic carbocycles. The topological polar surface area (TPSA) is 35.9 Å². The van der Waals surface area contributed by atoms with Crippen molar-refractivity contribution >= 4 is 17.8 Å². The van der Waals surface area contributed by atoms with Crippen LogP contribution in [0.15, 0.2) is 83.9 Å². The minimum atomic E-state index is -1.32. The molecule has 0 aromatic heterocycles. The van der Waals surface area contributed by atoms with E-state index in [0.717, 1.165) is 57.6 Å². The van der Waals surface area contributed by atoms with Gasteiger partial charge < -0.3 is 4.90 Å². The summed E-state index contributed by atoms with van der Waals surface area (Å²) in [5.74, 6) is 0.218. The number of carbonyl (C=O) groups is 1. The van der Waals surface area contributed by atoms with Crippen molar-refractivity contribution in [2.24, 2.45) is 10.9 Å². The molecule has 0 unspecified atom stereocenters. The molecule has 4 nitrogen and oxygen atoms in total. The van der Waals surface area contributed by atoms with Gasteiger partial charge in [-0.3, -0.25) is 9.69 Å². The van der Waals surface area contributed by atoms with Crippen molar-refractivity contribution in [3.63, 3.8) is 0 Å². The maximum absolute atomic E-state index is 14.3. The van der Waals surface area contributed by atoms with Gasteiger partial charge in [-0.1, -0.05) is 60.7 Å². The maximum atomic E-state index is 14.3. The van der Waals surface area contributed by atoms with Crippen LogP contribution >= 0.6 is 0 Å². The highest BCUT2D eigenvalue weighted by atomic mass is 19.1. The number of amidine groups is 1. The van der Waals surface area contributed by atoms with Crippen LogP contribution in [0.25, 0.3) is 6.08 Å². The molecule has 4 aliphatic rings. The number of likely N-dealkylation sites (tertiary alicyclic amines) is 1. The number of rotatable bonds is 7. The highest BCUT2D eigenvalue weighted by molar-refractivity contribution is 6.11. The molecule has 7 rings (SSSR count). The molecule has 1 saturated carbocycles. The van der Waals surface area contributed by atoms with Crippen LogP contribution in [-0.2, 0) is 15.7 Å². The SMILES string of the molecule is O=C1N(CCCN2CCC3(C=Cc4ccccc43)CC2)C(C2CC2)=NC1(c1ccc(F)cc1)c1ccc(F)cc1. The van der Waals surface area contributed by atoms with Crippen LogP contribution in [0.1, 0.15) is 54.4 Å². The predicted molar refractivity (Wildman–Crippen MR) is 153 cm³/mol. The van der Waals surface area contributed by atoms with Crippen molar-refractivity contribution in [3.8, 4) is 0 Å². The first-order valence-electron chi connectivity index (χ1n) is 14.4. The fourth-order valence-corrected chi connectivity index (χ4v) is 6.87. The van der Waals surface area contributed by atoms with Crippen LogP contribution in [0.3, 0.4) is 0 Å². The number of carbonyl (C=O) groups excluding carboxylic acids is 1. The minimum Gasteiger partial charge on any atom is -0.303 e. The number of hydrogen-bond donors (Lipinski definition) is 0. The van der Waals surface area contributed by atoms with Gasteiger partial charge in [-0.15, -0.1) is 0 Å². The molecule has 3 aromatic rings. The third-order valence-corrected chi connectivity index (χ3v) is 9.26. The molecular formula is C34H33F2N3O. The molecule has 6 heteroatoms. The highest BCUT2D eigenvalue weighted by Gasteiger charge is 2.53. The molecule has 204 valence electrons. The average Bonchev–Trinajstić information content (AvgIpc) is 3.71. The Morgan fingerprint density at radius 3 is 2.08 bits per heavy atom. The Morgan fingerprint density at radius 1 is 0.825 bits per heavy atom. The maximum Gasteiger partial charge on any atom is 0.265 e. The summed E-state index contributed by atoms with van der Waals surface area (Å²) in [4.78, 5) is 23.8. The van der Waals surface area contributed by atoms with Crippen LogP contribution in [0.2, 0.25) is 0 Å². The van der Waals surface area contributed by atoms with Gasteiger partial charge in [-0.2, -0.15) is 0 Å². The standard InChI is InChI=1S/C34H33F2N3O/c35-28-12-8-26(9-13-28)34(27-10-14-29(36)15-11-27)32(40)39(31(37-34)25-6-7-25)21-3-20-38-22-18-33(19-23-38)17-16-24-4-1-2-5-30(24)33/h1-2,4-5,8-17,25H,3,6-7,18-23H2. The Morgan fingerprint density at radius 2 is 1.45 bits per heavy atom. The molecule has 0 N–H and O–H groups in total. The van der Waals surface area contributed by atoms with E-state index in [1.54, 1.807) is 24.3 Å². The molecule has 0 radical (unpaired) electrons. The number of allylic oxidation sites excluding steroid dienone is 1. The minimum absolute atomic E-state index is 0.127. The Bertz CT molecular complexity index is 1440. The zero-order chi connectivity index (χ0) is 27.3. The predicted octanol–water partition coefficient (Wildman–Crippen LogP) is 6.31. The lowest BCUT2D eigenvalue weighted by Crippen LogP contribution is -2.44. The number of benzene rings is 3. The van der Waals surface area contributed by atoms with E-state index in [1.165, 1.54) is 35.4 Å². The van der Waals surface area contributed by atoms with Crippen molar-refractivity contribution < 1.29 is 13.6 Å². The van der Waals surface area contributed by atoms with E-state index in [9.17, 15) is 13.6 Å². The van der Waals surface area contributed by atoms with Crippen LogP contribution in [0.4, 0.5) is 8.78 Å². The number of fused-ring (bicyclic) bond motifs is 2. The Hall–Kier alpha value is -3.64. The molecule has 1 amide bonds. The summed E-state index contributed by atoms with van der Waals surface area (Å²) in [6, 6.07) is 20.7. The lowest BCUT2D eigenvalue weighted by atomic mass is 9.74. The zero-order valence-corrected chi connectivity index (χ0v) is 22.5. The fraction of sp³-hybridized carbons (Fsp3) is 0.353. The van der Waals surface area contributed by atoms with Gasteiger partial charge in [-0.25, -0.2) is 13.8 Å². The summed E-state index contributed by atoms with van der Waals surface area (Å²) in [7, 11) is 0. The van der Waals surface area contributed by atoms with Crippen molar-refractivity contribution in [1.82, 2.24) is 9.80 Å². The number of hydrogen-bond acceptors (Lipinski definition) is 3. The number of aliphatic imine (C=N–C) groups is 1. The first kappa shape index (κ1) is 25.3. The van der Waals surface area contributed by atoms with Crippen LogP contribution in [-0.4, -0.2) is 47.7 Å². The van der Waals surface area contributed by atoms with E-state index < -0.39 is 5.54 Å². The Balaban J connectivity index is 1.08. The summed E-state index contributed by atoms with van der Waals surface area (Å²) in [6.45, 7) is 3.57. The number of halogens is 2. The first-order chi connectivity index (χ1) is 19.5. The average molecular weight is 538 g/mol. The highest BCUT2D eigenvalue weighted by Crippen LogP contribution is 2.46. The number of amides is 1. The van der Waals surface area contributed by atoms with E-state index in [4.69, 9.17) is 4.99 Å². The molecule has 1 saturated heterocycles. The molecule has 2 heterocycles. The van der Waals surface area contributed by atoms with Gasteiger partial charge in [0, 0.05) is 17.9 Å². The van der Waals surface area contributed by atoms with E-state index in [2.05, 4.69) is 41.3 Å². The monoisotopic (exact) mass is 537 g/mol. The molecule has 0 atom stereocenters. The normalized spacial score (nSPS) is 21.2. The number of nitrogens with zero attached hydrogens (tertiary/aromatic N) is 3. The van der Waals surface area contributed by atoms with Gasteiger partial charge in [0.1, 0.15) is 17.5 Å². The summed E-state index contributed by atoms with van der Waals surface area (Å²) in [5.41, 5.74) is 2.86. The van der Waals surface area contributed by atoms with Crippen molar-refractivity contribution in [3.05, 3.63) is 113 Å². The molecular weight excluding hydrogens is 504 g/mol. The van der Waals surface area contributed by atoms with Gasteiger partial charge in [-0.05, 0) is 98.3 Å². The van der Waals surface area contributed by atoms with Gasteiger partial charge in [0.25, 0.3) is 5.91 Å². The second kappa shape index (κ2) is 9.77. The molecule has 2 fully saturated rings. The third kappa shape index (κ3) is 4.21. The van der Waals surface area contributed by atoms with Gasteiger partial charge in [0.05, 0.1) is 0 Å². The first-order valence-corrected chi connectivity index (χ1v) is 14.4. The largest absolute Gasteiger partial charge is 0.303 e. The lowest BCUT2D eigenvalue weighted by Gasteiger charge is -2.39. The molecule has 1 spiro atoms. The van der Waals surface area contributed by atoms with E-state index in [0.29, 0.717) is 17.7 Å². The molecule has 2 aliphatic heterocycles. The van der Waals surface area contributed by atoms with Gasteiger partial charge in [0.2, 0.25) is 0 Å². The summed E-state index contributed by atoms with van der Waals surface area (Å²) in [5, 5.41) is 0. The van der Waals surface area contributed by atoms with Crippen molar-refractivity contribution in [1.29, 1.82) is 0 Å². The van der Waals surface area contributed by atoms with Crippen molar-refractivity contribution in [2.45, 2.75) is 43.1 Å². The van der Waals surface area contributed by atoms with E-state index >= 15 is 0 Å². The second-order valence-electron chi connectivity index (χ2n) is 11.7. The molecule has 0 bridgehead atoms. The quantitative estimate of drug-likeness (QED) is 0.354. The smallest absolute Gasteiger partial charge is 0.265 e. The van der Waals surface area contributed by atoms with E-state index in [1.807, 2.05) is 4.90 Å². The van der Waals surface area contributed by atoms with E-state index in [-0.39, 0.29) is 28.9 Å². The summed E-state index contributed by atoms with van der Waals surface area (Å²) >= 11 is 0. The summed E-state index contributed by atoms with van der Waals surface area (Å²) in [6.07, 6.45) is 9.76. The zero-order valence-electron chi connectivity index (χ0n) is 22.5. The Labute approximate surface area is 234 Å². The molecule has 40 heavy (non-hydrogen) atoms. The van der Waals surface area contributed by atoms with Crippen LogP contribution in [0, 0.1) is 17.6 Å². The second-order valence-corrected chi connectivity index (χ2v) is 11.7. The molecule has 3 aromatic carbocycles. The van der Waals surface area contributed by atoms with Crippen molar-refractivity contribution in [2.75, 3.05) is 26.2 Å². The van der Waals surface area contributed by atoms with Gasteiger partial charge >= 0.3 is 0 Å². The number of piperidine rings is 1. The van der Waals surface area contributed by atoms with Gasteiger partial charge in [0.15, 0.2) is 5.54 Å².